The number of Topliss-reactive ketones (excluding diaryl/α,β-unsaturated/α-hetero) is 2. The second kappa shape index (κ2) is 6.38. The summed E-state index contributed by atoms with van der Waals surface area (Å²) in [6.07, 6.45) is 0.919. The number of cyclic esters (lactones) is 1. The highest BCUT2D eigenvalue weighted by atomic mass is 16.6. The van der Waals surface area contributed by atoms with E-state index in [9.17, 15) is 24.3 Å². The van der Waals surface area contributed by atoms with Gasteiger partial charge in [-0.1, -0.05) is 6.92 Å². The average molecular weight is 428 g/mol. The van der Waals surface area contributed by atoms with Gasteiger partial charge in [0.25, 0.3) is 0 Å². The molecule has 0 radical (unpaired) electrons. The molecule has 8 heteroatoms. The number of aliphatic hydroxyl groups is 1. The summed E-state index contributed by atoms with van der Waals surface area (Å²) in [4.78, 5) is 51.1. The zero-order valence-electron chi connectivity index (χ0n) is 17.6. The summed E-state index contributed by atoms with van der Waals surface area (Å²) < 4.78 is 17.0. The van der Waals surface area contributed by atoms with Crippen molar-refractivity contribution >= 4 is 23.5 Å². The van der Waals surface area contributed by atoms with Crippen molar-refractivity contribution in [2.45, 2.75) is 64.1 Å². The van der Waals surface area contributed by atoms with Crippen LogP contribution < -0.4 is 0 Å². The van der Waals surface area contributed by atoms with E-state index in [1.165, 1.54) is 13.2 Å². The van der Waals surface area contributed by atoms with Gasteiger partial charge in [0.1, 0.15) is 29.8 Å². The zero-order chi connectivity index (χ0) is 22.3. The van der Waals surface area contributed by atoms with Gasteiger partial charge in [0.2, 0.25) is 5.78 Å². The molecule has 4 aliphatic rings. The lowest BCUT2D eigenvalue weighted by Crippen LogP contribution is -2.56. The molecule has 164 valence electrons. The van der Waals surface area contributed by atoms with Crippen molar-refractivity contribution in [2.24, 2.45) is 11.3 Å². The second-order valence-electron chi connectivity index (χ2n) is 9.35. The van der Waals surface area contributed by atoms with Gasteiger partial charge in [-0.05, 0) is 18.9 Å². The van der Waals surface area contributed by atoms with Crippen molar-refractivity contribution in [2.75, 3.05) is 6.61 Å². The smallest absolute Gasteiger partial charge is 0.342 e. The van der Waals surface area contributed by atoms with Crippen LogP contribution in [-0.2, 0) is 24.5 Å². The van der Waals surface area contributed by atoms with Crippen LogP contribution >= 0.6 is 0 Å². The van der Waals surface area contributed by atoms with Crippen molar-refractivity contribution in [3.05, 3.63) is 34.3 Å². The lowest BCUT2D eigenvalue weighted by Gasteiger charge is -2.51. The lowest BCUT2D eigenvalue weighted by atomic mass is 9.54. The molecule has 0 unspecified atom stereocenters. The van der Waals surface area contributed by atoms with E-state index in [4.69, 9.17) is 13.9 Å². The first-order chi connectivity index (χ1) is 14.6. The van der Waals surface area contributed by atoms with Crippen LogP contribution in [0.4, 0.5) is 0 Å². The number of fused-ring (bicyclic) bond motifs is 3. The molecule has 0 bridgehead atoms. The van der Waals surface area contributed by atoms with Gasteiger partial charge in [0.05, 0.1) is 5.41 Å². The summed E-state index contributed by atoms with van der Waals surface area (Å²) in [6, 6.07) is 0. The predicted octanol–water partition coefficient (Wildman–Crippen LogP) is 2.27. The maximum Gasteiger partial charge on any atom is 0.342 e. The molecule has 31 heavy (non-hydrogen) atoms. The number of rotatable bonds is 3. The number of ether oxygens (including phenoxy) is 2. The number of furan rings is 1. The molecule has 0 aromatic carbocycles. The second-order valence-corrected chi connectivity index (χ2v) is 9.35. The van der Waals surface area contributed by atoms with Crippen LogP contribution in [0.3, 0.4) is 0 Å². The Morgan fingerprint density at radius 3 is 2.71 bits per heavy atom. The fraction of sp³-hybridized carbons (Fsp3) is 0.565. The minimum Gasteiger partial charge on any atom is -0.460 e. The summed E-state index contributed by atoms with van der Waals surface area (Å²) in [5, 5.41) is 9.68. The SMILES string of the molecule is CC(=O)O[C@@H]1C[C@]2(C)C(=O)CC[C@H]2C2=C1[C@]1(C)c3c(coc3C2=O)C(=O)O[C@@H]1CCO. The van der Waals surface area contributed by atoms with Crippen LogP contribution in [-0.4, -0.2) is 47.4 Å². The third-order valence-corrected chi connectivity index (χ3v) is 7.77. The Labute approximate surface area is 178 Å². The predicted molar refractivity (Wildman–Crippen MR) is 104 cm³/mol. The maximum atomic E-state index is 13.7. The van der Waals surface area contributed by atoms with E-state index in [1.807, 2.05) is 13.8 Å². The molecule has 5 atom stereocenters. The molecule has 0 amide bonds. The average Bonchev–Trinajstić information content (AvgIpc) is 3.27. The topological polar surface area (TPSA) is 120 Å². The summed E-state index contributed by atoms with van der Waals surface area (Å²) >= 11 is 0. The normalized spacial score (nSPS) is 36.0. The lowest BCUT2D eigenvalue weighted by molar-refractivity contribution is -0.149. The Kier molecular flexibility index (Phi) is 4.16. The summed E-state index contributed by atoms with van der Waals surface area (Å²) in [5.74, 6) is -1.72. The Morgan fingerprint density at radius 1 is 1.29 bits per heavy atom. The third kappa shape index (κ3) is 2.39. The van der Waals surface area contributed by atoms with Gasteiger partial charge in [-0.15, -0.1) is 0 Å². The monoisotopic (exact) mass is 428 g/mol. The fourth-order valence-electron chi connectivity index (χ4n) is 6.39. The number of hydrogen-bond donors (Lipinski definition) is 1. The molecule has 1 aromatic rings. The van der Waals surface area contributed by atoms with Crippen molar-refractivity contribution in [1.29, 1.82) is 0 Å². The quantitative estimate of drug-likeness (QED) is 0.728. The zero-order valence-corrected chi connectivity index (χ0v) is 17.6. The standard InChI is InChI=1S/C23H24O8/c1-10(25)30-13-8-22(2)12(4-5-14(22)26)16-18(13)23(3)15(6-7-24)31-21(28)11-9-29-20(17(11)23)19(16)27/h9,12-13,15,24H,4-8H2,1-3H3/t12-,13+,15+,22-,23-/m0/s1. The number of esters is 2. The molecule has 1 N–H and O–H groups in total. The molecule has 1 aromatic heterocycles. The number of ketones is 2. The Balaban J connectivity index is 1.82. The highest BCUT2D eigenvalue weighted by molar-refractivity contribution is 6.14. The van der Waals surface area contributed by atoms with Gasteiger partial charge in [0, 0.05) is 55.3 Å². The highest BCUT2D eigenvalue weighted by Crippen LogP contribution is 2.61. The van der Waals surface area contributed by atoms with Crippen LogP contribution in [0.15, 0.2) is 21.8 Å². The summed E-state index contributed by atoms with van der Waals surface area (Å²) in [6.45, 7) is 4.73. The van der Waals surface area contributed by atoms with Gasteiger partial charge in [-0.2, -0.15) is 0 Å². The molecule has 1 saturated carbocycles. The van der Waals surface area contributed by atoms with Crippen molar-refractivity contribution in [1.82, 2.24) is 0 Å². The first kappa shape index (κ1) is 20.2. The summed E-state index contributed by atoms with van der Waals surface area (Å²) in [7, 11) is 0. The molecule has 8 nitrogen and oxygen atoms in total. The Morgan fingerprint density at radius 2 is 2.03 bits per heavy atom. The number of aliphatic hydroxyl groups excluding tert-OH is 1. The van der Waals surface area contributed by atoms with Crippen molar-refractivity contribution in [3.8, 4) is 0 Å². The van der Waals surface area contributed by atoms with E-state index in [-0.39, 0.29) is 48.3 Å². The molecule has 3 aliphatic carbocycles. The third-order valence-electron chi connectivity index (χ3n) is 7.77. The molecule has 1 aliphatic heterocycles. The minimum atomic E-state index is -1.02. The van der Waals surface area contributed by atoms with Crippen LogP contribution in [0.25, 0.3) is 0 Å². The van der Waals surface area contributed by atoms with E-state index in [2.05, 4.69) is 0 Å². The van der Waals surface area contributed by atoms with E-state index in [0.29, 0.717) is 29.6 Å². The number of carbonyl (C=O) groups is 4. The van der Waals surface area contributed by atoms with Crippen LogP contribution in [0.5, 0.6) is 0 Å². The molecule has 0 spiro atoms. The first-order valence-electron chi connectivity index (χ1n) is 10.6. The van der Waals surface area contributed by atoms with Gasteiger partial charge in [-0.3, -0.25) is 14.4 Å². The molecule has 0 saturated heterocycles. The number of carbonyl (C=O) groups excluding carboxylic acids is 4. The number of allylic oxidation sites excluding steroid dienone is 1. The van der Waals surface area contributed by atoms with Crippen LogP contribution in [0.2, 0.25) is 0 Å². The molecule has 5 rings (SSSR count). The van der Waals surface area contributed by atoms with Gasteiger partial charge < -0.3 is 19.0 Å². The molecular formula is C23H24O8. The fourth-order valence-corrected chi connectivity index (χ4v) is 6.39. The van der Waals surface area contributed by atoms with Gasteiger partial charge >= 0.3 is 11.9 Å². The van der Waals surface area contributed by atoms with Gasteiger partial charge in [-0.25, -0.2) is 4.79 Å². The van der Waals surface area contributed by atoms with E-state index in [0.717, 1.165) is 0 Å². The van der Waals surface area contributed by atoms with Crippen molar-refractivity contribution < 1.29 is 38.2 Å². The van der Waals surface area contributed by atoms with Crippen LogP contribution in [0.1, 0.15) is 72.9 Å². The van der Waals surface area contributed by atoms with Crippen molar-refractivity contribution in [3.63, 3.8) is 0 Å². The Bertz CT molecular complexity index is 1080. The first-order valence-corrected chi connectivity index (χ1v) is 10.6. The highest BCUT2D eigenvalue weighted by Gasteiger charge is 2.64. The maximum absolute atomic E-state index is 13.7. The van der Waals surface area contributed by atoms with E-state index < -0.39 is 35.0 Å². The Hall–Kier alpha value is -2.74. The molecular weight excluding hydrogens is 404 g/mol. The largest absolute Gasteiger partial charge is 0.460 e. The number of hydrogen-bond acceptors (Lipinski definition) is 8. The van der Waals surface area contributed by atoms with Gasteiger partial charge in [0.15, 0.2) is 5.76 Å². The molecule has 2 heterocycles. The van der Waals surface area contributed by atoms with Crippen LogP contribution in [0, 0.1) is 11.3 Å². The van der Waals surface area contributed by atoms with E-state index >= 15 is 0 Å². The van der Waals surface area contributed by atoms with E-state index in [1.54, 1.807) is 0 Å². The minimum absolute atomic E-state index is 0.0482. The summed E-state index contributed by atoms with van der Waals surface area (Å²) in [5.41, 5.74) is -0.242. The molecule has 1 fully saturated rings.